The predicted molar refractivity (Wildman–Crippen MR) is 84.9 cm³/mol. The lowest BCUT2D eigenvalue weighted by atomic mass is 10.1. The number of carbonyl (C=O) groups is 2. The maximum absolute atomic E-state index is 12.3. The van der Waals surface area contributed by atoms with Crippen LogP contribution in [0.3, 0.4) is 0 Å². The van der Waals surface area contributed by atoms with E-state index in [1.807, 2.05) is 12.1 Å². The zero-order chi connectivity index (χ0) is 16.1. The van der Waals surface area contributed by atoms with Crippen LogP contribution in [0.2, 0.25) is 5.02 Å². The van der Waals surface area contributed by atoms with Gasteiger partial charge in [-0.25, -0.2) is 0 Å². The third-order valence-electron chi connectivity index (χ3n) is 3.15. The Bertz CT molecular complexity index is 686. The Balaban J connectivity index is 2.06. The molecular formula is C16H16ClN3O2. The number of nitrogens with zero attached hydrogens (tertiary/aromatic N) is 2. The van der Waals surface area contributed by atoms with Crippen LogP contribution in [0.1, 0.15) is 26.4 Å². The van der Waals surface area contributed by atoms with Gasteiger partial charge in [0.1, 0.15) is 5.69 Å². The second-order valence-electron chi connectivity index (χ2n) is 4.80. The van der Waals surface area contributed by atoms with Gasteiger partial charge in [-0.1, -0.05) is 23.7 Å². The fraction of sp³-hybridized carbons (Fsp3) is 0.188. The smallest absolute Gasteiger partial charge is 0.272 e. The van der Waals surface area contributed by atoms with Gasteiger partial charge in [-0.05, 0) is 29.8 Å². The number of carbonyl (C=O) groups excluding carboxylic acids is 2. The molecule has 0 saturated carbocycles. The summed E-state index contributed by atoms with van der Waals surface area (Å²) in [5.74, 6) is -0.350. The summed E-state index contributed by atoms with van der Waals surface area (Å²) in [6.45, 7) is 0.418. The zero-order valence-electron chi connectivity index (χ0n) is 12.3. The first kappa shape index (κ1) is 16.0. The van der Waals surface area contributed by atoms with Crippen LogP contribution in [0.25, 0.3) is 0 Å². The standard InChI is InChI=1S/C16H16ClN3O2/c1-18-15(21)12-5-3-11(4-6-12)10-20(2)16(22)14-9-13(17)7-8-19-14/h3-9H,10H2,1-2H3,(H,18,21). The summed E-state index contributed by atoms with van der Waals surface area (Å²) in [5, 5.41) is 3.04. The highest BCUT2D eigenvalue weighted by Crippen LogP contribution is 2.12. The van der Waals surface area contributed by atoms with Gasteiger partial charge in [0, 0.05) is 37.4 Å². The molecule has 0 atom stereocenters. The van der Waals surface area contributed by atoms with Crippen molar-refractivity contribution in [1.82, 2.24) is 15.2 Å². The van der Waals surface area contributed by atoms with E-state index >= 15 is 0 Å². The van der Waals surface area contributed by atoms with Crippen molar-refractivity contribution in [1.29, 1.82) is 0 Å². The largest absolute Gasteiger partial charge is 0.355 e. The van der Waals surface area contributed by atoms with Crippen LogP contribution in [0.15, 0.2) is 42.6 Å². The Morgan fingerprint density at radius 3 is 2.50 bits per heavy atom. The normalized spacial score (nSPS) is 10.1. The molecule has 1 aromatic heterocycles. The van der Waals surface area contributed by atoms with Crippen molar-refractivity contribution in [3.8, 4) is 0 Å². The number of amides is 2. The van der Waals surface area contributed by atoms with E-state index in [0.717, 1.165) is 5.56 Å². The molecule has 0 saturated heterocycles. The number of hydrogen-bond donors (Lipinski definition) is 1. The highest BCUT2D eigenvalue weighted by Gasteiger charge is 2.14. The van der Waals surface area contributed by atoms with Crippen molar-refractivity contribution in [3.63, 3.8) is 0 Å². The number of halogens is 1. The van der Waals surface area contributed by atoms with Crippen molar-refractivity contribution in [2.45, 2.75) is 6.54 Å². The number of aromatic nitrogens is 1. The van der Waals surface area contributed by atoms with Crippen molar-refractivity contribution in [2.24, 2.45) is 0 Å². The zero-order valence-corrected chi connectivity index (χ0v) is 13.1. The van der Waals surface area contributed by atoms with Gasteiger partial charge in [-0.2, -0.15) is 0 Å². The molecule has 2 amide bonds. The Morgan fingerprint density at radius 1 is 1.23 bits per heavy atom. The minimum atomic E-state index is -0.210. The summed E-state index contributed by atoms with van der Waals surface area (Å²) in [6, 6.07) is 10.2. The average Bonchev–Trinajstić information content (AvgIpc) is 2.54. The molecular weight excluding hydrogens is 302 g/mol. The predicted octanol–water partition coefficient (Wildman–Crippen LogP) is 2.37. The summed E-state index contributed by atoms with van der Waals surface area (Å²) in [4.78, 5) is 29.3. The van der Waals surface area contributed by atoms with E-state index in [9.17, 15) is 9.59 Å². The second kappa shape index (κ2) is 7.04. The molecule has 1 N–H and O–H groups in total. The molecule has 0 fully saturated rings. The molecule has 1 heterocycles. The third kappa shape index (κ3) is 3.83. The molecule has 1 aromatic carbocycles. The molecule has 0 unspecified atom stereocenters. The van der Waals surface area contributed by atoms with Crippen LogP contribution >= 0.6 is 11.6 Å². The fourth-order valence-corrected chi connectivity index (χ4v) is 2.13. The topological polar surface area (TPSA) is 62.3 Å². The average molecular weight is 318 g/mol. The first-order valence-electron chi connectivity index (χ1n) is 6.69. The van der Waals surface area contributed by atoms with Crippen LogP contribution < -0.4 is 5.32 Å². The van der Waals surface area contributed by atoms with E-state index in [1.165, 1.54) is 12.3 Å². The van der Waals surface area contributed by atoms with Crippen molar-refractivity contribution >= 4 is 23.4 Å². The number of pyridine rings is 1. The molecule has 2 rings (SSSR count). The van der Waals surface area contributed by atoms with Crippen molar-refractivity contribution < 1.29 is 9.59 Å². The molecule has 0 spiro atoms. The van der Waals surface area contributed by atoms with E-state index in [0.29, 0.717) is 22.8 Å². The minimum absolute atomic E-state index is 0.140. The lowest BCUT2D eigenvalue weighted by Gasteiger charge is -2.17. The van der Waals surface area contributed by atoms with Gasteiger partial charge < -0.3 is 10.2 Å². The number of hydrogen-bond acceptors (Lipinski definition) is 3. The molecule has 0 aliphatic carbocycles. The van der Waals surface area contributed by atoms with Crippen molar-refractivity contribution in [2.75, 3.05) is 14.1 Å². The molecule has 0 aliphatic heterocycles. The Kier molecular flexibility index (Phi) is 5.12. The summed E-state index contributed by atoms with van der Waals surface area (Å²) in [7, 11) is 3.28. The van der Waals surface area contributed by atoms with Crippen LogP contribution in [-0.2, 0) is 6.54 Å². The first-order valence-corrected chi connectivity index (χ1v) is 7.07. The quantitative estimate of drug-likeness (QED) is 0.941. The Hall–Kier alpha value is -2.40. The highest BCUT2D eigenvalue weighted by atomic mass is 35.5. The lowest BCUT2D eigenvalue weighted by molar-refractivity contribution is 0.0779. The van der Waals surface area contributed by atoms with Gasteiger partial charge >= 0.3 is 0 Å². The van der Waals surface area contributed by atoms with E-state index < -0.39 is 0 Å². The van der Waals surface area contributed by atoms with Crippen LogP contribution in [0.5, 0.6) is 0 Å². The van der Waals surface area contributed by atoms with Crippen LogP contribution in [-0.4, -0.2) is 35.8 Å². The van der Waals surface area contributed by atoms with E-state index in [-0.39, 0.29) is 11.8 Å². The Labute approximate surface area is 133 Å². The monoisotopic (exact) mass is 317 g/mol. The van der Waals surface area contributed by atoms with Crippen molar-refractivity contribution in [3.05, 3.63) is 64.4 Å². The summed E-state index contributed by atoms with van der Waals surface area (Å²) in [5.41, 5.74) is 1.80. The van der Waals surface area contributed by atoms with Gasteiger partial charge in [0.25, 0.3) is 11.8 Å². The molecule has 0 radical (unpaired) electrons. The van der Waals surface area contributed by atoms with Gasteiger partial charge in [0.05, 0.1) is 0 Å². The van der Waals surface area contributed by atoms with E-state index in [4.69, 9.17) is 11.6 Å². The van der Waals surface area contributed by atoms with E-state index in [2.05, 4.69) is 10.3 Å². The molecule has 22 heavy (non-hydrogen) atoms. The fourth-order valence-electron chi connectivity index (χ4n) is 1.97. The summed E-state index contributed by atoms with van der Waals surface area (Å²) in [6.07, 6.45) is 1.50. The summed E-state index contributed by atoms with van der Waals surface area (Å²) >= 11 is 5.87. The number of nitrogens with one attached hydrogen (secondary N) is 1. The molecule has 5 nitrogen and oxygen atoms in total. The molecule has 0 aliphatic rings. The number of benzene rings is 1. The molecule has 114 valence electrons. The van der Waals surface area contributed by atoms with Crippen LogP contribution in [0, 0.1) is 0 Å². The second-order valence-corrected chi connectivity index (χ2v) is 5.23. The SMILES string of the molecule is CNC(=O)c1ccc(CN(C)C(=O)c2cc(Cl)ccn2)cc1. The highest BCUT2D eigenvalue weighted by molar-refractivity contribution is 6.30. The van der Waals surface area contributed by atoms with Gasteiger partial charge in [0.2, 0.25) is 0 Å². The van der Waals surface area contributed by atoms with Gasteiger partial charge in [-0.15, -0.1) is 0 Å². The van der Waals surface area contributed by atoms with Gasteiger partial charge in [0.15, 0.2) is 0 Å². The van der Waals surface area contributed by atoms with E-state index in [1.54, 1.807) is 37.2 Å². The minimum Gasteiger partial charge on any atom is -0.355 e. The molecule has 2 aromatic rings. The maximum atomic E-state index is 12.3. The first-order chi connectivity index (χ1) is 10.5. The third-order valence-corrected chi connectivity index (χ3v) is 3.39. The van der Waals surface area contributed by atoms with Gasteiger partial charge in [-0.3, -0.25) is 14.6 Å². The van der Waals surface area contributed by atoms with Crippen LogP contribution in [0.4, 0.5) is 0 Å². The number of rotatable bonds is 4. The summed E-state index contributed by atoms with van der Waals surface area (Å²) < 4.78 is 0. The lowest BCUT2D eigenvalue weighted by Crippen LogP contribution is -2.27. The molecule has 0 bridgehead atoms. The Morgan fingerprint density at radius 2 is 1.91 bits per heavy atom. The maximum Gasteiger partial charge on any atom is 0.272 e. The molecule has 6 heteroatoms.